The Kier molecular flexibility index (Phi) is 2.44. The van der Waals surface area contributed by atoms with Crippen molar-refractivity contribution < 1.29 is 9.26 Å². The van der Waals surface area contributed by atoms with Crippen LogP contribution in [-0.2, 0) is 4.74 Å². The highest BCUT2D eigenvalue weighted by Gasteiger charge is 2.40. The fourth-order valence-corrected chi connectivity index (χ4v) is 2.31. The molecule has 2 heterocycles. The molecule has 1 aliphatic heterocycles. The predicted octanol–water partition coefficient (Wildman–Crippen LogP) is 0.895. The summed E-state index contributed by atoms with van der Waals surface area (Å²) in [5.41, 5.74) is 0. The van der Waals surface area contributed by atoms with Crippen LogP contribution < -0.4 is 5.32 Å². The van der Waals surface area contributed by atoms with Crippen molar-refractivity contribution in [3.05, 3.63) is 11.7 Å². The van der Waals surface area contributed by atoms with Gasteiger partial charge in [0, 0.05) is 12.0 Å². The summed E-state index contributed by atoms with van der Waals surface area (Å²) in [6.07, 6.45) is 1.19. The van der Waals surface area contributed by atoms with Crippen LogP contribution in [0.15, 0.2) is 4.52 Å². The number of nitrogens with zero attached hydrogens (tertiary/aromatic N) is 2. The maximum absolute atomic E-state index is 5.43. The molecule has 5 nitrogen and oxygen atoms in total. The van der Waals surface area contributed by atoms with Gasteiger partial charge in [-0.15, -0.1) is 0 Å². The van der Waals surface area contributed by atoms with Gasteiger partial charge in [-0.3, -0.25) is 0 Å². The molecule has 0 spiro atoms. The van der Waals surface area contributed by atoms with Crippen LogP contribution >= 0.6 is 0 Å². The number of nitrogens with one attached hydrogen (secondary N) is 1. The van der Waals surface area contributed by atoms with Gasteiger partial charge in [-0.1, -0.05) is 12.1 Å². The lowest BCUT2D eigenvalue weighted by Gasteiger charge is -2.11. The SMILES string of the molecule is CNC1COCC1c1nc(C2CC2C)no1. The Bertz CT molecular complexity index is 379. The van der Waals surface area contributed by atoms with E-state index in [9.17, 15) is 0 Å². The highest BCUT2D eigenvalue weighted by molar-refractivity contribution is 5.10. The van der Waals surface area contributed by atoms with E-state index in [1.165, 1.54) is 6.42 Å². The lowest BCUT2D eigenvalue weighted by molar-refractivity contribution is 0.185. The third-order valence-electron chi connectivity index (χ3n) is 3.67. The first-order valence-electron chi connectivity index (χ1n) is 5.88. The first kappa shape index (κ1) is 10.2. The van der Waals surface area contributed by atoms with Crippen LogP contribution in [0.25, 0.3) is 0 Å². The molecule has 1 N–H and O–H groups in total. The number of ether oxygens (including phenoxy) is 1. The molecule has 1 saturated carbocycles. The third kappa shape index (κ3) is 1.64. The Balaban J connectivity index is 1.76. The zero-order chi connectivity index (χ0) is 11.1. The van der Waals surface area contributed by atoms with E-state index in [1.807, 2.05) is 7.05 Å². The normalized spacial score (nSPS) is 37.9. The molecule has 0 aromatic carbocycles. The number of aromatic nitrogens is 2. The van der Waals surface area contributed by atoms with Crippen molar-refractivity contribution in [1.82, 2.24) is 15.5 Å². The fourth-order valence-electron chi connectivity index (χ4n) is 2.31. The van der Waals surface area contributed by atoms with Gasteiger partial charge in [-0.05, 0) is 19.4 Å². The fraction of sp³-hybridized carbons (Fsp3) is 0.818. The molecule has 1 aliphatic carbocycles. The number of likely N-dealkylation sites (N-methyl/N-ethyl adjacent to an activating group) is 1. The Morgan fingerprint density at radius 3 is 2.81 bits per heavy atom. The minimum Gasteiger partial charge on any atom is -0.379 e. The van der Waals surface area contributed by atoms with Gasteiger partial charge < -0.3 is 14.6 Å². The molecular weight excluding hydrogens is 206 g/mol. The minimum atomic E-state index is 0.209. The predicted molar refractivity (Wildman–Crippen MR) is 57.2 cm³/mol. The van der Waals surface area contributed by atoms with Gasteiger partial charge in [0.1, 0.15) is 0 Å². The van der Waals surface area contributed by atoms with Crippen LogP contribution in [0.2, 0.25) is 0 Å². The molecule has 4 atom stereocenters. The van der Waals surface area contributed by atoms with Crippen molar-refractivity contribution in [2.45, 2.75) is 31.2 Å². The third-order valence-corrected chi connectivity index (χ3v) is 3.67. The van der Waals surface area contributed by atoms with Crippen LogP contribution in [0, 0.1) is 5.92 Å². The molecule has 1 aromatic heterocycles. The summed E-state index contributed by atoms with van der Waals surface area (Å²) in [6, 6.07) is 0.296. The van der Waals surface area contributed by atoms with Gasteiger partial charge in [0.25, 0.3) is 0 Å². The van der Waals surface area contributed by atoms with E-state index in [0.29, 0.717) is 24.5 Å². The molecule has 4 unspecified atom stereocenters. The summed E-state index contributed by atoms with van der Waals surface area (Å²) in [7, 11) is 1.94. The Morgan fingerprint density at radius 2 is 2.12 bits per heavy atom. The van der Waals surface area contributed by atoms with Gasteiger partial charge in [0.15, 0.2) is 5.82 Å². The quantitative estimate of drug-likeness (QED) is 0.824. The second-order valence-electron chi connectivity index (χ2n) is 4.85. The van der Waals surface area contributed by atoms with Gasteiger partial charge in [0.2, 0.25) is 5.89 Å². The molecule has 5 heteroatoms. The number of hydrogen-bond donors (Lipinski definition) is 1. The second kappa shape index (κ2) is 3.82. The zero-order valence-electron chi connectivity index (χ0n) is 9.64. The molecule has 16 heavy (non-hydrogen) atoms. The summed E-state index contributed by atoms with van der Waals surface area (Å²) in [4.78, 5) is 4.51. The van der Waals surface area contributed by atoms with E-state index in [1.54, 1.807) is 0 Å². The van der Waals surface area contributed by atoms with Crippen molar-refractivity contribution in [3.63, 3.8) is 0 Å². The lowest BCUT2D eigenvalue weighted by atomic mass is 10.0. The van der Waals surface area contributed by atoms with Crippen LogP contribution in [0.1, 0.15) is 36.9 Å². The van der Waals surface area contributed by atoms with Crippen LogP contribution in [0.5, 0.6) is 0 Å². The van der Waals surface area contributed by atoms with Crippen molar-refractivity contribution in [2.75, 3.05) is 20.3 Å². The molecule has 0 bridgehead atoms. The van der Waals surface area contributed by atoms with Crippen molar-refractivity contribution >= 4 is 0 Å². The highest BCUT2D eigenvalue weighted by atomic mass is 16.5. The molecule has 2 aliphatic rings. The number of hydrogen-bond acceptors (Lipinski definition) is 5. The molecule has 1 saturated heterocycles. The molecule has 0 radical (unpaired) electrons. The largest absolute Gasteiger partial charge is 0.379 e. The molecular formula is C11H17N3O2. The Hall–Kier alpha value is -0.940. The average molecular weight is 223 g/mol. The van der Waals surface area contributed by atoms with E-state index in [4.69, 9.17) is 9.26 Å². The molecule has 88 valence electrons. The van der Waals surface area contributed by atoms with Crippen molar-refractivity contribution in [1.29, 1.82) is 0 Å². The maximum atomic E-state index is 5.43. The van der Waals surface area contributed by atoms with E-state index in [2.05, 4.69) is 22.4 Å². The Labute approximate surface area is 94.6 Å². The summed E-state index contributed by atoms with van der Waals surface area (Å²) in [5.74, 6) is 3.05. The summed E-state index contributed by atoms with van der Waals surface area (Å²) in [6.45, 7) is 3.61. The molecule has 3 rings (SSSR count). The van der Waals surface area contributed by atoms with Crippen LogP contribution in [0.4, 0.5) is 0 Å². The Morgan fingerprint density at radius 1 is 1.31 bits per heavy atom. The average Bonchev–Trinajstić information content (AvgIpc) is 2.78. The van der Waals surface area contributed by atoms with E-state index in [-0.39, 0.29) is 5.92 Å². The van der Waals surface area contributed by atoms with Crippen LogP contribution in [-0.4, -0.2) is 36.4 Å². The summed E-state index contributed by atoms with van der Waals surface area (Å²) < 4.78 is 10.8. The van der Waals surface area contributed by atoms with Crippen molar-refractivity contribution in [3.8, 4) is 0 Å². The topological polar surface area (TPSA) is 60.2 Å². The standard InChI is InChI=1S/C11H17N3O2/c1-6-3-7(6)10-13-11(16-14-10)8-4-15-5-9(8)12-2/h6-9,12H,3-5H2,1-2H3. The van der Waals surface area contributed by atoms with Gasteiger partial charge in [0.05, 0.1) is 19.1 Å². The van der Waals surface area contributed by atoms with Gasteiger partial charge in [-0.25, -0.2) is 0 Å². The van der Waals surface area contributed by atoms with E-state index < -0.39 is 0 Å². The zero-order valence-corrected chi connectivity index (χ0v) is 9.64. The first-order chi connectivity index (χ1) is 7.79. The van der Waals surface area contributed by atoms with E-state index >= 15 is 0 Å². The number of rotatable bonds is 3. The first-order valence-corrected chi connectivity index (χ1v) is 5.88. The maximum Gasteiger partial charge on any atom is 0.233 e. The molecule has 0 amide bonds. The van der Waals surface area contributed by atoms with Gasteiger partial charge in [-0.2, -0.15) is 4.98 Å². The lowest BCUT2D eigenvalue weighted by Crippen LogP contribution is -2.31. The van der Waals surface area contributed by atoms with Crippen LogP contribution in [0.3, 0.4) is 0 Å². The molecule has 1 aromatic rings. The monoisotopic (exact) mass is 223 g/mol. The minimum absolute atomic E-state index is 0.209. The summed E-state index contributed by atoms with van der Waals surface area (Å²) in [5, 5.41) is 7.30. The van der Waals surface area contributed by atoms with Crippen molar-refractivity contribution in [2.24, 2.45) is 5.92 Å². The van der Waals surface area contributed by atoms with Gasteiger partial charge >= 0.3 is 0 Å². The highest BCUT2D eigenvalue weighted by Crippen LogP contribution is 2.45. The molecule has 2 fully saturated rings. The summed E-state index contributed by atoms with van der Waals surface area (Å²) >= 11 is 0. The van der Waals surface area contributed by atoms with E-state index in [0.717, 1.165) is 18.3 Å². The smallest absolute Gasteiger partial charge is 0.233 e. The second-order valence-corrected chi connectivity index (χ2v) is 4.85.